The van der Waals surface area contributed by atoms with Gasteiger partial charge in [-0.05, 0) is 36.5 Å². The van der Waals surface area contributed by atoms with E-state index in [-0.39, 0.29) is 5.91 Å². The molecule has 0 atom stereocenters. The minimum Gasteiger partial charge on any atom is -0.467 e. The zero-order chi connectivity index (χ0) is 19.7. The summed E-state index contributed by atoms with van der Waals surface area (Å²) in [4.78, 5) is 17.4. The highest BCUT2D eigenvalue weighted by atomic mass is 35.5. The molecule has 0 spiro atoms. The van der Waals surface area contributed by atoms with Gasteiger partial charge >= 0.3 is 0 Å². The maximum Gasteiger partial charge on any atom is 0.265 e. The van der Waals surface area contributed by atoms with Gasteiger partial charge in [0.2, 0.25) is 0 Å². The van der Waals surface area contributed by atoms with Gasteiger partial charge in [0, 0.05) is 41.3 Å². The second-order valence-corrected chi connectivity index (χ2v) is 8.66. The van der Waals surface area contributed by atoms with Crippen LogP contribution in [-0.4, -0.2) is 47.0 Å². The fraction of sp³-hybridized carbons (Fsp3) is 0.263. The van der Waals surface area contributed by atoms with Crippen molar-refractivity contribution in [1.29, 1.82) is 0 Å². The number of thiocarbonyl (C=S) groups is 1. The second-order valence-electron chi connectivity index (χ2n) is 6.40. The Labute approximate surface area is 181 Å². The molecule has 1 fully saturated rings. The highest BCUT2D eigenvalue weighted by Crippen LogP contribution is 2.37. The van der Waals surface area contributed by atoms with Crippen LogP contribution in [0.4, 0.5) is 0 Å². The molecule has 28 heavy (non-hydrogen) atoms. The summed E-state index contributed by atoms with van der Waals surface area (Å²) in [6, 6.07) is 9.22. The maximum absolute atomic E-state index is 13.0. The molecule has 1 saturated heterocycles. The van der Waals surface area contributed by atoms with Gasteiger partial charge in [-0.1, -0.05) is 29.3 Å². The summed E-state index contributed by atoms with van der Waals surface area (Å²) in [5.41, 5.74) is 0. The lowest BCUT2D eigenvalue weighted by Gasteiger charge is -2.36. The summed E-state index contributed by atoms with van der Waals surface area (Å²) < 4.78 is 6.22. The third kappa shape index (κ3) is 3.98. The second kappa shape index (κ2) is 8.29. The van der Waals surface area contributed by atoms with Crippen molar-refractivity contribution in [3.63, 3.8) is 0 Å². The fourth-order valence-corrected chi connectivity index (χ4v) is 5.13. The Balaban J connectivity index is 1.37. The Hall–Kier alpha value is -1.80. The molecule has 0 aliphatic carbocycles. The number of halogens is 2. The quantitative estimate of drug-likeness (QED) is 0.585. The summed E-state index contributed by atoms with van der Waals surface area (Å²) in [6.07, 6.45) is 1.64. The van der Waals surface area contributed by atoms with Crippen molar-refractivity contribution in [1.82, 2.24) is 15.1 Å². The van der Waals surface area contributed by atoms with Gasteiger partial charge < -0.3 is 19.5 Å². The molecule has 1 aliphatic rings. The van der Waals surface area contributed by atoms with Gasteiger partial charge in [0.15, 0.2) is 5.11 Å². The number of furan rings is 1. The molecule has 1 amide bonds. The molecule has 0 radical (unpaired) electrons. The molecule has 1 N–H and O–H groups in total. The van der Waals surface area contributed by atoms with Crippen molar-refractivity contribution in [3.8, 4) is 0 Å². The Morgan fingerprint density at radius 1 is 1.18 bits per heavy atom. The largest absolute Gasteiger partial charge is 0.467 e. The summed E-state index contributed by atoms with van der Waals surface area (Å²) in [6.45, 7) is 3.07. The number of nitrogens with zero attached hydrogens (tertiary/aromatic N) is 2. The fourth-order valence-electron chi connectivity index (χ4n) is 3.12. The lowest BCUT2D eigenvalue weighted by molar-refractivity contribution is 0.0696. The number of fused-ring (bicyclic) bond motifs is 1. The number of nitrogens with one attached hydrogen (secondary N) is 1. The molecule has 146 valence electrons. The summed E-state index contributed by atoms with van der Waals surface area (Å²) in [7, 11) is 0. The van der Waals surface area contributed by atoms with E-state index in [1.165, 1.54) is 11.3 Å². The molecule has 4 rings (SSSR count). The number of amides is 1. The van der Waals surface area contributed by atoms with Gasteiger partial charge in [-0.2, -0.15) is 0 Å². The molecule has 0 bridgehead atoms. The van der Waals surface area contributed by atoms with Crippen molar-refractivity contribution in [3.05, 3.63) is 57.3 Å². The third-order valence-corrected chi connectivity index (χ3v) is 6.92. The molecule has 3 heterocycles. The first-order valence-electron chi connectivity index (χ1n) is 8.75. The summed E-state index contributed by atoms with van der Waals surface area (Å²) >= 11 is 19.4. The molecule has 5 nitrogen and oxygen atoms in total. The van der Waals surface area contributed by atoms with Crippen molar-refractivity contribution >= 4 is 67.9 Å². The van der Waals surface area contributed by atoms with Gasteiger partial charge in [-0.15, -0.1) is 11.3 Å². The topological polar surface area (TPSA) is 48.7 Å². The average molecular weight is 454 g/mol. The minimum atomic E-state index is -0.0450. The molecule has 3 aromatic rings. The number of rotatable bonds is 3. The van der Waals surface area contributed by atoms with Crippen LogP contribution in [0.3, 0.4) is 0 Å². The number of piperazine rings is 1. The van der Waals surface area contributed by atoms with E-state index in [1.807, 2.05) is 29.2 Å². The van der Waals surface area contributed by atoms with Gasteiger partial charge in [-0.3, -0.25) is 4.79 Å². The smallest absolute Gasteiger partial charge is 0.265 e. The number of carbonyl (C=O) groups excluding carboxylic acids is 1. The summed E-state index contributed by atoms with van der Waals surface area (Å²) in [5.74, 6) is 0.784. The van der Waals surface area contributed by atoms with Crippen LogP contribution in [0.1, 0.15) is 15.4 Å². The Morgan fingerprint density at radius 2 is 1.93 bits per heavy atom. The zero-order valence-electron chi connectivity index (χ0n) is 14.8. The highest BCUT2D eigenvalue weighted by Gasteiger charge is 2.27. The van der Waals surface area contributed by atoms with Crippen molar-refractivity contribution < 1.29 is 9.21 Å². The molecule has 1 aliphatic heterocycles. The number of thiophene rings is 1. The molecular formula is C19H17Cl2N3O2S2. The predicted octanol–water partition coefficient (Wildman–Crippen LogP) is 4.63. The Morgan fingerprint density at radius 3 is 2.64 bits per heavy atom. The van der Waals surface area contributed by atoms with E-state index < -0.39 is 0 Å². The monoisotopic (exact) mass is 453 g/mol. The van der Waals surface area contributed by atoms with Gasteiger partial charge in [0.1, 0.15) is 10.6 Å². The molecule has 0 unspecified atom stereocenters. The molecule has 2 aromatic heterocycles. The van der Waals surface area contributed by atoms with Gasteiger partial charge in [-0.25, -0.2) is 0 Å². The molecule has 0 saturated carbocycles. The minimum absolute atomic E-state index is 0.0450. The summed E-state index contributed by atoms with van der Waals surface area (Å²) in [5, 5.41) is 5.85. The predicted molar refractivity (Wildman–Crippen MR) is 117 cm³/mol. The van der Waals surface area contributed by atoms with Crippen molar-refractivity contribution in [2.24, 2.45) is 0 Å². The van der Waals surface area contributed by atoms with Crippen LogP contribution in [0, 0.1) is 0 Å². The van der Waals surface area contributed by atoms with Crippen LogP contribution >= 0.6 is 46.8 Å². The van der Waals surface area contributed by atoms with E-state index in [2.05, 4.69) is 10.2 Å². The average Bonchev–Trinajstić information content (AvgIpc) is 3.33. The molecular weight excluding hydrogens is 437 g/mol. The van der Waals surface area contributed by atoms with Crippen LogP contribution in [-0.2, 0) is 6.54 Å². The van der Waals surface area contributed by atoms with E-state index in [9.17, 15) is 4.79 Å². The van der Waals surface area contributed by atoms with Crippen molar-refractivity contribution in [2.75, 3.05) is 26.2 Å². The first-order chi connectivity index (χ1) is 13.5. The van der Waals surface area contributed by atoms with E-state index in [1.54, 1.807) is 12.3 Å². The normalized spacial score (nSPS) is 14.5. The number of hydrogen-bond donors (Lipinski definition) is 1. The van der Waals surface area contributed by atoms with E-state index in [0.29, 0.717) is 52.8 Å². The highest BCUT2D eigenvalue weighted by molar-refractivity contribution is 7.80. The van der Waals surface area contributed by atoms with E-state index >= 15 is 0 Å². The number of hydrogen-bond acceptors (Lipinski definition) is 4. The van der Waals surface area contributed by atoms with Crippen LogP contribution in [0.2, 0.25) is 10.0 Å². The first-order valence-corrected chi connectivity index (χ1v) is 10.7. The van der Waals surface area contributed by atoms with Crippen LogP contribution in [0.25, 0.3) is 10.1 Å². The number of carbonyl (C=O) groups is 1. The standard InChI is InChI=1S/C19H17Cl2N3O2S2/c20-12-3-4-14-15(10-12)28-17(16(14)21)18(25)23-5-7-24(8-6-23)19(27)22-11-13-2-1-9-26-13/h1-4,9-10H,5-8,11H2,(H,22,27). The third-order valence-electron chi connectivity index (χ3n) is 4.63. The van der Waals surface area contributed by atoms with Crippen LogP contribution < -0.4 is 5.32 Å². The van der Waals surface area contributed by atoms with E-state index in [0.717, 1.165) is 15.8 Å². The lowest BCUT2D eigenvalue weighted by atomic mass is 10.2. The Bertz CT molecular complexity index is 1010. The first kappa shape index (κ1) is 19.5. The zero-order valence-corrected chi connectivity index (χ0v) is 17.9. The molecule has 9 heteroatoms. The van der Waals surface area contributed by atoms with Crippen LogP contribution in [0.5, 0.6) is 0 Å². The van der Waals surface area contributed by atoms with Gasteiger partial charge in [0.25, 0.3) is 5.91 Å². The van der Waals surface area contributed by atoms with Crippen molar-refractivity contribution in [2.45, 2.75) is 6.54 Å². The van der Waals surface area contributed by atoms with Crippen LogP contribution in [0.15, 0.2) is 41.0 Å². The van der Waals surface area contributed by atoms with E-state index in [4.69, 9.17) is 39.8 Å². The Kier molecular flexibility index (Phi) is 5.78. The maximum atomic E-state index is 13.0. The molecule has 1 aromatic carbocycles. The SMILES string of the molecule is O=C(c1sc2cc(Cl)ccc2c1Cl)N1CCN(C(=S)NCc2ccco2)CC1. The lowest BCUT2D eigenvalue weighted by Crippen LogP contribution is -2.52. The van der Waals surface area contributed by atoms with Gasteiger partial charge in [0.05, 0.1) is 17.8 Å². The number of benzene rings is 1.